The summed E-state index contributed by atoms with van der Waals surface area (Å²) in [4.78, 5) is 0. The first-order valence-electron chi connectivity index (χ1n) is 13.6. The highest BCUT2D eigenvalue weighted by molar-refractivity contribution is 6.07. The van der Waals surface area contributed by atoms with Gasteiger partial charge in [0.15, 0.2) is 0 Å². The van der Waals surface area contributed by atoms with Crippen molar-refractivity contribution in [2.75, 3.05) is 0 Å². The zero-order valence-electron chi connectivity index (χ0n) is 22.9. The Morgan fingerprint density at radius 3 is 2.21 bits per heavy atom. The van der Waals surface area contributed by atoms with Gasteiger partial charge in [-0.05, 0) is 82.0 Å². The molecule has 190 valence electrons. The van der Waals surface area contributed by atoms with Crippen LogP contribution in [-0.2, 0) is 0 Å². The second kappa shape index (κ2) is 13.4. The Bertz CT molecular complexity index is 1520. The zero-order chi connectivity index (χ0) is 26.7. The van der Waals surface area contributed by atoms with Gasteiger partial charge >= 0.3 is 0 Å². The number of rotatable bonds is 7. The van der Waals surface area contributed by atoms with E-state index in [1.165, 1.54) is 44.2 Å². The van der Waals surface area contributed by atoms with Gasteiger partial charge in [0.25, 0.3) is 0 Å². The lowest BCUT2D eigenvalue weighted by atomic mass is 9.85. The van der Waals surface area contributed by atoms with Crippen LogP contribution in [0.1, 0.15) is 54.9 Å². The molecule has 1 aliphatic carbocycles. The summed E-state index contributed by atoms with van der Waals surface area (Å²) < 4.78 is 0. The standard InChI is InChI=1S/C38H38/c1-5-6-11-20-34(27-25-29(2)32-18-12-9-13-19-32)38(33-21-14-10-15-22-33)37-24-17-8-7-16-23-35-30(3)26-28-36(37)31(35)4/h5-15,18-29H,4,16-17H2,1-3H3/b6-5-,8-7-,20-11-,27-25?,35-23-,37-24+,38-34-. The van der Waals surface area contributed by atoms with E-state index in [4.69, 9.17) is 0 Å². The molecule has 4 rings (SSSR count). The van der Waals surface area contributed by atoms with Crippen LogP contribution >= 0.6 is 0 Å². The summed E-state index contributed by atoms with van der Waals surface area (Å²) in [6.07, 6.45) is 24.1. The molecule has 1 aliphatic rings. The maximum absolute atomic E-state index is 4.59. The summed E-state index contributed by atoms with van der Waals surface area (Å²) >= 11 is 0. The number of allylic oxidation sites excluding steroid dienone is 12. The van der Waals surface area contributed by atoms with Crippen LogP contribution in [0.15, 0.2) is 133 Å². The molecule has 2 bridgehead atoms. The molecule has 0 nitrogen and oxygen atoms in total. The van der Waals surface area contributed by atoms with Gasteiger partial charge in [0.05, 0.1) is 0 Å². The predicted octanol–water partition coefficient (Wildman–Crippen LogP) is 8.87. The lowest BCUT2D eigenvalue weighted by molar-refractivity contribution is 0.967. The summed E-state index contributed by atoms with van der Waals surface area (Å²) in [5.74, 6) is 0.295. The van der Waals surface area contributed by atoms with E-state index in [2.05, 4.69) is 161 Å². The molecule has 0 amide bonds. The zero-order valence-corrected chi connectivity index (χ0v) is 22.9. The van der Waals surface area contributed by atoms with Gasteiger partial charge in [0, 0.05) is 0 Å². The van der Waals surface area contributed by atoms with Gasteiger partial charge in [-0.15, -0.1) is 0 Å². The van der Waals surface area contributed by atoms with Crippen molar-refractivity contribution in [3.63, 3.8) is 0 Å². The van der Waals surface area contributed by atoms with E-state index in [1.54, 1.807) is 0 Å². The summed E-state index contributed by atoms with van der Waals surface area (Å²) in [6.45, 7) is 11.1. The fourth-order valence-electron chi connectivity index (χ4n) is 4.92. The minimum Gasteiger partial charge on any atom is -0.0905 e. The van der Waals surface area contributed by atoms with Gasteiger partial charge in [0.1, 0.15) is 0 Å². The van der Waals surface area contributed by atoms with Crippen molar-refractivity contribution >= 4 is 23.8 Å². The van der Waals surface area contributed by atoms with Crippen molar-refractivity contribution in [3.8, 4) is 0 Å². The Balaban J connectivity index is 2.00. The fraction of sp³-hybridized carbons (Fsp3) is 0.158. The second-order valence-corrected chi connectivity index (χ2v) is 9.73. The van der Waals surface area contributed by atoms with Gasteiger partial charge in [0.2, 0.25) is 0 Å². The minimum atomic E-state index is 0.295. The average Bonchev–Trinajstić information content (AvgIpc) is 2.94. The van der Waals surface area contributed by atoms with Crippen LogP contribution in [-0.4, -0.2) is 0 Å². The van der Waals surface area contributed by atoms with E-state index in [1.807, 2.05) is 0 Å². The molecule has 1 unspecified atom stereocenters. The van der Waals surface area contributed by atoms with Crippen molar-refractivity contribution in [2.24, 2.45) is 0 Å². The largest absolute Gasteiger partial charge is 0.0905 e. The smallest absolute Gasteiger partial charge is 0.000710 e. The van der Waals surface area contributed by atoms with Crippen molar-refractivity contribution in [3.05, 3.63) is 166 Å². The number of hydrogen-bond donors (Lipinski definition) is 0. The first-order chi connectivity index (χ1) is 18.6. The highest BCUT2D eigenvalue weighted by Crippen LogP contribution is 2.35. The first kappa shape index (κ1) is 26.9. The van der Waals surface area contributed by atoms with E-state index in [0.29, 0.717) is 5.92 Å². The number of hydrogen-bond acceptors (Lipinski definition) is 0. The number of fused-ring (bicyclic) bond motifs is 2. The predicted molar refractivity (Wildman–Crippen MR) is 168 cm³/mol. The molecular formula is C38H38. The van der Waals surface area contributed by atoms with Crippen molar-refractivity contribution in [1.82, 2.24) is 0 Å². The first-order valence-corrected chi connectivity index (χ1v) is 13.6. The van der Waals surface area contributed by atoms with Crippen LogP contribution in [0, 0.1) is 6.92 Å². The van der Waals surface area contributed by atoms with Crippen LogP contribution in [0.4, 0.5) is 0 Å². The molecule has 0 saturated carbocycles. The topological polar surface area (TPSA) is 0 Å². The molecule has 1 atom stereocenters. The van der Waals surface area contributed by atoms with Crippen LogP contribution < -0.4 is 10.4 Å². The van der Waals surface area contributed by atoms with Gasteiger partial charge < -0.3 is 0 Å². The minimum absolute atomic E-state index is 0.295. The Labute approximate surface area is 228 Å². The maximum Gasteiger partial charge on any atom is -0.000710 e. The summed E-state index contributed by atoms with van der Waals surface area (Å²) in [5.41, 5.74) is 8.58. The quantitative estimate of drug-likeness (QED) is 0.227. The molecule has 3 aromatic carbocycles. The van der Waals surface area contributed by atoms with E-state index in [-0.39, 0.29) is 0 Å². The normalized spacial score (nSPS) is 18.5. The second-order valence-electron chi connectivity index (χ2n) is 9.73. The highest BCUT2D eigenvalue weighted by Gasteiger charge is 2.16. The molecule has 0 aromatic heterocycles. The van der Waals surface area contributed by atoms with Gasteiger partial charge in [-0.1, -0.05) is 147 Å². The lowest BCUT2D eigenvalue weighted by Crippen LogP contribution is -2.29. The highest BCUT2D eigenvalue weighted by atomic mass is 14.2. The van der Waals surface area contributed by atoms with E-state index >= 15 is 0 Å². The third-order valence-corrected chi connectivity index (χ3v) is 7.04. The third-order valence-electron chi connectivity index (χ3n) is 7.04. The van der Waals surface area contributed by atoms with Crippen molar-refractivity contribution < 1.29 is 0 Å². The lowest BCUT2D eigenvalue weighted by Gasteiger charge is -2.19. The molecular weight excluding hydrogens is 456 g/mol. The molecule has 0 heteroatoms. The molecule has 0 radical (unpaired) electrons. The monoisotopic (exact) mass is 494 g/mol. The van der Waals surface area contributed by atoms with Gasteiger partial charge in [-0.2, -0.15) is 0 Å². The number of aryl methyl sites for hydroxylation is 1. The molecule has 0 saturated heterocycles. The van der Waals surface area contributed by atoms with E-state index in [9.17, 15) is 0 Å². The molecule has 0 spiro atoms. The van der Waals surface area contributed by atoms with Crippen LogP contribution in [0.5, 0.6) is 0 Å². The van der Waals surface area contributed by atoms with E-state index in [0.717, 1.165) is 18.1 Å². The maximum atomic E-state index is 4.59. The molecule has 0 aliphatic heterocycles. The molecule has 0 heterocycles. The fourth-order valence-corrected chi connectivity index (χ4v) is 4.92. The van der Waals surface area contributed by atoms with Crippen molar-refractivity contribution in [1.29, 1.82) is 0 Å². The number of benzene rings is 3. The Morgan fingerprint density at radius 1 is 0.816 bits per heavy atom. The van der Waals surface area contributed by atoms with E-state index < -0.39 is 0 Å². The summed E-state index contributed by atoms with van der Waals surface area (Å²) in [6, 6.07) is 25.9. The van der Waals surface area contributed by atoms with Gasteiger partial charge in [-0.3, -0.25) is 0 Å². The molecule has 3 aromatic rings. The molecule has 0 fully saturated rings. The molecule has 38 heavy (non-hydrogen) atoms. The van der Waals surface area contributed by atoms with Crippen LogP contribution in [0.3, 0.4) is 0 Å². The SMILES string of the molecule is C=c1c2ccc(C)/c1=C/C/C=C\C/C=C2/C(=C(C=CC(C)c1ccccc1)/C=C\C=C/C)c1ccccc1. The Hall–Kier alpha value is -4.16. The third kappa shape index (κ3) is 6.58. The Morgan fingerprint density at radius 2 is 1.50 bits per heavy atom. The van der Waals surface area contributed by atoms with Gasteiger partial charge in [-0.25, -0.2) is 0 Å². The Kier molecular flexibility index (Phi) is 9.48. The van der Waals surface area contributed by atoms with Crippen LogP contribution in [0.2, 0.25) is 0 Å². The summed E-state index contributed by atoms with van der Waals surface area (Å²) in [5, 5.41) is 2.34. The average molecular weight is 495 g/mol. The van der Waals surface area contributed by atoms with Crippen molar-refractivity contribution in [2.45, 2.75) is 39.5 Å². The summed E-state index contributed by atoms with van der Waals surface area (Å²) in [7, 11) is 0. The molecule has 0 N–H and O–H groups in total. The van der Waals surface area contributed by atoms with Crippen LogP contribution in [0.25, 0.3) is 23.8 Å².